The second-order valence-electron chi connectivity index (χ2n) is 22.4. The standard InChI is InChI=1S/C73H126O6/c1-4-7-10-13-16-19-22-25-27-29-31-32-33-34-35-36-37-38-39-40-41-42-43-45-46-48-51-54-57-60-63-66-72(75)78-69-70(68-77-71(74)65-62-59-56-53-50-24-21-18-15-12-9-6-3)79-73(76)67-64-61-58-55-52-49-47-44-30-28-26-23-20-17-14-11-8-5-2/h7,10,16,19,25,27,31-32,34-35,37-38,40-41,43,45,70H,4-6,8-9,11-15,17-18,20-24,26,28-30,33,36,39,42,44,46-69H2,1-3H3/b10-7-,19-16-,27-25-,32-31-,35-34-,38-37-,41-40-,45-43-. The van der Waals surface area contributed by atoms with Crippen LogP contribution in [0, 0.1) is 0 Å². The van der Waals surface area contributed by atoms with Crippen LogP contribution in [0.2, 0.25) is 0 Å². The lowest BCUT2D eigenvalue weighted by Gasteiger charge is -2.18. The fraction of sp³-hybridized carbons (Fsp3) is 0.740. The largest absolute Gasteiger partial charge is 0.462 e. The highest BCUT2D eigenvalue weighted by molar-refractivity contribution is 5.71. The van der Waals surface area contributed by atoms with Crippen molar-refractivity contribution in [1.82, 2.24) is 0 Å². The summed E-state index contributed by atoms with van der Waals surface area (Å²) in [6.07, 6.45) is 89.9. The van der Waals surface area contributed by atoms with Crippen LogP contribution in [0.1, 0.15) is 329 Å². The molecule has 0 radical (unpaired) electrons. The third kappa shape index (κ3) is 65.0. The number of hydrogen-bond donors (Lipinski definition) is 0. The van der Waals surface area contributed by atoms with Gasteiger partial charge in [-0.25, -0.2) is 0 Å². The van der Waals surface area contributed by atoms with Crippen LogP contribution in [0.25, 0.3) is 0 Å². The highest BCUT2D eigenvalue weighted by Crippen LogP contribution is 2.17. The molecule has 0 aromatic heterocycles. The minimum atomic E-state index is -0.781. The van der Waals surface area contributed by atoms with Crippen LogP contribution in [0.15, 0.2) is 97.2 Å². The molecule has 1 atom stereocenters. The summed E-state index contributed by atoms with van der Waals surface area (Å²) in [4.78, 5) is 38.3. The van der Waals surface area contributed by atoms with Crippen molar-refractivity contribution in [3.8, 4) is 0 Å². The maximum absolute atomic E-state index is 12.9. The van der Waals surface area contributed by atoms with Gasteiger partial charge in [-0.3, -0.25) is 14.4 Å². The van der Waals surface area contributed by atoms with Crippen LogP contribution in [0.3, 0.4) is 0 Å². The van der Waals surface area contributed by atoms with Crippen LogP contribution in [-0.4, -0.2) is 37.2 Å². The van der Waals surface area contributed by atoms with Gasteiger partial charge in [0.2, 0.25) is 0 Å². The molecule has 0 aliphatic carbocycles. The van der Waals surface area contributed by atoms with Crippen molar-refractivity contribution < 1.29 is 28.6 Å². The molecule has 79 heavy (non-hydrogen) atoms. The van der Waals surface area contributed by atoms with E-state index in [1.165, 1.54) is 167 Å². The van der Waals surface area contributed by atoms with E-state index in [2.05, 4.69) is 118 Å². The van der Waals surface area contributed by atoms with Gasteiger partial charge in [-0.05, 0) is 83.5 Å². The lowest BCUT2D eigenvalue weighted by atomic mass is 10.0. The van der Waals surface area contributed by atoms with Crippen LogP contribution >= 0.6 is 0 Å². The average Bonchev–Trinajstić information content (AvgIpc) is 3.45. The Morgan fingerprint density at radius 1 is 0.266 bits per heavy atom. The number of carbonyl (C=O) groups is 3. The molecular formula is C73H126O6. The minimum Gasteiger partial charge on any atom is -0.462 e. The Balaban J connectivity index is 4.29. The Labute approximate surface area is 489 Å². The molecule has 0 spiro atoms. The first-order valence-electron chi connectivity index (χ1n) is 33.7. The summed E-state index contributed by atoms with van der Waals surface area (Å²) in [5.41, 5.74) is 0. The third-order valence-electron chi connectivity index (χ3n) is 14.6. The number of esters is 3. The van der Waals surface area contributed by atoms with Gasteiger partial charge in [0.15, 0.2) is 6.10 Å². The molecule has 0 heterocycles. The molecule has 1 unspecified atom stereocenters. The van der Waals surface area contributed by atoms with Gasteiger partial charge >= 0.3 is 17.9 Å². The molecule has 0 fully saturated rings. The van der Waals surface area contributed by atoms with E-state index in [1.807, 2.05) is 0 Å². The predicted octanol–water partition coefficient (Wildman–Crippen LogP) is 23.2. The molecule has 0 aromatic carbocycles. The maximum Gasteiger partial charge on any atom is 0.306 e. The molecule has 0 bridgehead atoms. The van der Waals surface area contributed by atoms with E-state index in [1.54, 1.807) is 0 Å². The number of ether oxygens (including phenoxy) is 3. The Morgan fingerprint density at radius 3 is 0.772 bits per heavy atom. The molecule has 0 aliphatic rings. The van der Waals surface area contributed by atoms with Crippen molar-refractivity contribution in [2.24, 2.45) is 0 Å². The molecule has 454 valence electrons. The maximum atomic E-state index is 12.9. The minimum absolute atomic E-state index is 0.0772. The van der Waals surface area contributed by atoms with Crippen molar-refractivity contribution in [2.75, 3.05) is 13.2 Å². The van der Waals surface area contributed by atoms with Gasteiger partial charge in [-0.2, -0.15) is 0 Å². The number of allylic oxidation sites excluding steroid dienone is 16. The SMILES string of the molecule is CC/C=C\C/C=C\C/C=C\C/C=C\C/C=C\C/C=C\C/C=C\C/C=C\CCCCCCCCC(=O)OCC(COC(=O)CCCCCCCCCCCCCC)OC(=O)CCCCCCCCCCCCCCCCCCCC. The summed E-state index contributed by atoms with van der Waals surface area (Å²) in [7, 11) is 0. The van der Waals surface area contributed by atoms with E-state index in [4.69, 9.17) is 14.2 Å². The summed E-state index contributed by atoms with van der Waals surface area (Å²) in [6.45, 7) is 6.55. The van der Waals surface area contributed by atoms with E-state index < -0.39 is 6.10 Å². The van der Waals surface area contributed by atoms with Crippen LogP contribution < -0.4 is 0 Å². The molecule has 0 amide bonds. The van der Waals surface area contributed by atoms with Gasteiger partial charge in [0.1, 0.15) is 13.2 Å². The number of unbranched alkanes of at least 4 members (excludes halogenated alkanes) is 34. The summed E-state index contributed by atoms with van der Waals surface area (Å²) >= 11 is 0. The van der Waals surface area contributed by atoms with Crippen LogP contribution in [0.4, 0.5) is 0 Å². The molecule has 6 nitrogen and oxygen atoms in total. The van der Waals surface area contributed by atoms with Gasteiger partial charge < -0.3 is 14.2 Å². The number of rotatable bonds is 61. The number of carbonyl (C=O) groups excluding carboxylic acids is 3. The summed E-state index contributed by atoms with van der Waals surface area (Å²) in [5, 5.41) is 0. The Bertz CT molecular complexity index is 1540. The molecule has 0 aromatic rings. The molecule has 0 saturated carbocycles. The van der Waals surface area contributed by atoms with Crippen molar-refractivity contribution in [1.29, 1.82) is 0 Å². The van der Waals surface area contributed by atoms with E-state index in [9.17, 15) is 14.4 Å². The highest BCUT2D eigenvalue weighted by Gasteiger charge is 2.19. The zero-order chi connectivity index (χ0) is 57.1. The second-order valence-corrected chi connectivity index (χ2v) is 22.4. The van der Waals surface area contributed by atoms with Crippen molar-refractivity contribution >= 4 is 17.9 Å². The first kappa shape index (κ1) is 75.3. The lowest BCUT2D eigenvalue weighted by Crippen LogP contribution is -2.30. The van der Waals surface area contributed by atoms with E-state index >= 15 is 0 Å². The Kier molecular flexibility index (Phi) is 63.7. The summed E-state index contributed by atoms with van der Waals surface area (Å²) in [6, 6.07) is 0. The number of hydrogen-bond acceptors (Lipinski definition) is 6. The zero-order valence-electron chi connectivity index (χ0n) is 52.1. The molecule has 6 heteroatoms. The Hall–Kier alpha value is -3.67. The van der Waals surface area contributed by atoms with Gasteiger partial charge in [0, 0.05) is 19.3 Å². The van der Waals surface area contributed by atoms with Gasteiger partial charge in [-0.15, -0.1) is 0 Å². The van der Waals surface area contributed by atoms with Gasteiger partial charge in [0.25, 0.3) is 0 Å². The average molecular weight is 1100 g/mol. The van der Waals surface area contributed by atoms with Crippen molar-refractivity contribution in [3.05, 3.63) is 97.2 Å². The van der Waals surface area contributed by atoms with E-state index in [0.717, 1.165) is 122 Å². The van der Waals surface area contributed by atoms with Crippen molar-refractivity contribution in [3.63, 3.8) is 0 Å². The fourth-order valence-corrected chi connectivity index (χ4v) is 9.58. The third-order valence-corrected chi connectivity index (χ3v) is 14.6. The molecule has 0 rings (SSSR count). The summed E-state index contributed by atoms with van der Waals surface area (Å²) in [5.74, 6) is -0.877. The second kappa shape index (κ2) is 66.8. The van der Waals surface area contributed by atoms with Crippen molar-refractivity contribution in [2.45, 2.75) is 335 Å². The quantitative estimate of drug-likeness (QED) is 0.0261. The van der Waals surface area contributed by atoms with E-state index in [-0.39, 0.29) is 31.1 Å². The zero-order valence-corrected chi connectivity index (χ0v) is 52.1. The first-order chi connectivity index (χ1) is 39.0. The molecule has 0 N–H and O–H groups in total. The smallest absolute Gasteiger partial charge is 0.306 e. The van der Waals surface area contributed by atoms with E-state index in [0.29, 0.717) is 19.3 Å². The highest BCUT2D eigenvalue weighted by atomic mass is 16.6. The van der Waals surface area contributed by atoms with Crippen LogP contribution in [0.5, 0.6) is 0 Å². The monoisotopic (exact) mass is 1100 g/mol. The Morgan fingerprint density at radius 2 is 0.494 bits per heavy atom. The topological polar surface area (TPSA) is 78.9 Å². The van der Waals surface area contributed by atoms with Gasteiger partial charge in [0.05, 0.1) is 0 Å². The lowest BCUT2D eigenvalue weighted by molar-refractivity contribution is -0.167. The molecule has 0 aliphatic heterocycles. The van der Waals surface area contributed by atoms with Gasteiger partial charge in [-0.1, -0.05) is 323 Å². The summed E-state index contributed by atoms with van der Waals surface area (Å²) < 4.78 is 16.9. The van der Waals surface area contributed by atoms with Crippen LogP contribution in [-0.2, 0) is 28.6 Å². The molecular weight excluding hydrogens is 973 g/mol. The fourth-order valence-electron chi connectivity index (χ4n) is 9.58. The molecule has 0 saturated heterocycles. The first-order valence-corrected chi connectivity index (χ1v) is 33.7. The predicted molar refractivity (Wildman–Crippen MR) is 344 cm³/mol. The normalized spacial score (nSPS) is 12.7.